The Morgan fingerprint density at radius 2 is 2.25 bits per heavy atom. The Morgan fingerprint density at radius 1 is 1.50 bits per heavy atom. The van der Waals surface area contributed by atoms with Crippen molar-refractivity contribution in [3.8, 4) is 0 Å². The summed E-state index contributed by atoms with van der Waals surface area (Å²) in [7, 11) is 0. The van der Waals surface area contributed by atoms with Gasteiger partial charge in [-0.05, 0) is 55.0 Å². The zero-order valence-corrected chi connectivity index (χ0v) is 14.2. The number of ether oxygens (including phenoxy) is 1. The van der Waals surface area contributed by atoms with Gasteiger partial charge in [0.1, 0.15) is 5.60 Å². The van der Waals surface area contributed by atoms with E-state index in [2.05, 4.69) is 39.0 Å². The Hall–Kier alpha value is -0.890. The summed E-state index contributed by atoms with van der Waals surface area (Å²) < 4.78 is 6.52. The molecule has 1 unspecified atom stereocenters. The number of nitrogens with one attached hydrogen (secondary N) is 1. The fourth-order valence-electron chi connectivity index (χ4n) is 2.08. The third-order valence-corrected chi connectivity index (χ3v) is 3.55. The first-order valence-corrected chi connectivity index (χ1v) is 7.75. The Labute approximate surface area is 133 Å². The summed E-state index contributed by atoms with van der Waals surface area (Å²) in [6.45, 7) is 7.69. The molecular formula is C14H20IN3O2. The van der Waals surface area contributed by atoms with E-state index in [0.717, 1.165) is 15.7 Å². The van der Waals surface area contributed by atoms with Crippen molar-refractivity contribution in [2.24, 2.45) is 0 Å². The Kier molecular flexibility index (Phi) is 4.85. The summed E-state index contributed by atoms with van der Waals surface area (Å²) in [5.41, 5.74) is 0.645. The fourth-order valence-corrected chi connectivity index (χ4v) is 2.60. The minimum absolute atomic E-state index is 0.110. The van der Waals surface area contributed by atoms with Gasteiger partial charge in [-0.3, -0.25) is 4.98 Å². The number of piperazine rings is 1. The van der Waals surface area contributed by atoms with Gasteiger partial charge in [-0.25, -0.2) is 4.79 Å². The number of nitrogens with zero attached hydrogens (tertiary/aromatic N) is 2. The molecular weight excluding hydrogens is 369 g/mol. The van der Waals surface area contributed by atoms with E-state index in [1.165, 1.54) is 0 Å². The van der Waals surface area contributed by atoms with Gasteiger partial charge < -0.3 is 15.0 Å². The normalized spacial score (nSPS) is 19.8. The molecule has 0 radical (unpaired) electrons. The van der Waals surface area contributed by atoms with Crippen LogP contribution in [0.1, 0.15) is 32.4 Å². The SMILES string of the molecule is CC(C)(C)OC(=O)N1CCNC(c2cncc(I)c2)C1. The van der Waals surface area contributed by atoms with Gasteiger partial charge in [0.25, 0.3) is 0 Å². The molecule has 5 nitrogen and oxygen atoms in total. The highest BCUT2D eigenvalue weighted by Crippen LogP contribution is 2.20. The maximum Gasteiger partial charge on any atom is 0.410 e. The lowest BCUT2D eigenvalue weighted by Gasteiger charge is -2.35. The van der Waals surface area contributed by atoms with E-state index in [0.29, 0.717) is 13.1 Å². The number of carbonyl (C=O) groups is 1. The molecule has 0 spiro atoms. The minimum Gasteiger partial charge on any atom is -0.444 e. The van der Waals surface area contributed by atoms with Crippen LogP contribution >= 0.6 is 22.6 Å². The Morgan fingerprint density at radius 3 is 2.90 bits per heavy atom. The molecule has 0 bridgehead atoms. The molecule has 1 saturated heterocycles. The molecule has 1 fully saturated rings. The predicted octanol–water partition coefficient (Wildman–Crippen LogP) is 2.57. The topological polar surface area (TPSA) is 54.5 Å². The van der Waals surface area contributed by atoms with Gasteiger partial charge in [0, 0.05) is 35.6 Å². The third kappa shape index (κ3) is 4.31. The van der Waals surface area contributed by atoms with Crippen LogP contribution in [0.5, 0.6) is 0 Å². The molecule has 20 heavy (non-hydrogen) atoms. The lowest BCUT2D eigenvalue weighted by molar-refractivity contribution is 0.0195. The number of hydrogen-bond donors (Lipinski definition) is 1. The number of pyridine rings is 1. The molecule has 1 atom stereocenters. The van der Waals surface area contributed by atoms with Crippen LogP contribution in [-0.2, 0) is 4.74 Å². The largest absolute Gasteiger partial charge is 0.444 e. The van der Waals surface area contributed by atoms with Gasteiger partial charge in [-0.2, -0.15) is 0 Å². The number of carbonyl (C=O) groups excluding carboxylic acids is 1. The standard InChI is InChI=1S/C14H20IN3O2/c1-14(2,3)20-13(19)18-5-4-17-12(9-18)10-6-11(15)8-16-7-10/h6-8,12,17H,4-5,9H2,1-3H3. The van der Waals surface area contributed by atoms with E-state index in [1.807, 2.05) is 33.2 Å². The van der Waals surface area contributed by atoms with Gasteiger partial charge in [0.15, 0.2) is 0 Å². The minimum atomic E-state index is -0.457. The summed E-state index contributed by atoms with van der Waals surface area (Å²) in [4.78, 5) is 18.1. The molecule has 1 aliphatic heterocycles. The van der Waals surface area contributed by atoms with Gasteiger partial charge in [0.05, 0.1) is 6.04 Å². The second-order valence-electron chi connectivity index (χ2n) is 5.87. The number of hydrogen-bond acceptors (Lipinski definition) is 4. The van der Waals surface area contributed by atoms with Gasteiger partial charge >= 0.3 is 6.09 Å². The lowest BCUT2D eigenvalue weighted by atomic mass is 10.1. The molecule has 110 valence electrons. The van der Waals surface area contributed by atoms with Crippen molar-refractivity contribution < 1.29 is 9.53 Å². The third-order valence-electron chi connectivity index (χ3n) is 2.96. The van der Waals surface area contributed by atoms with Crippen LogP contribution in [-0.4, -0.2) is 41.2 Å². The monoisotopic (exact) mass is 389 g/mol. The first-order chi connectivity index (χ1) is 9.35. The van der Waals surface area contributed by atoms with E-state index in [-0.39, 0.29) is 12.1 Å². The quantitative estimate of drug-likeness (QED) is 0.751. The van der Waals surface area contributed by atoms with Crippen LogP contribution in [0.3, 0.4) is 0 Å². The van der Waals surface area contributed by atoms with Crippen molar-refractivity contribution in [3.05, 3.63) is 27.6 Å². The van der Waals surface area contributed by atoms with Crippen LogP contribution in [0.2, 0.25) is 0 Å². The molecule has 6 heteroatoms. The summed E-state index contributed by atoms with van der Waals surface area (Å²) in [6, 6.07) is 2.20. The molecule has 1 amide bonds. The van der Waals surface area contributed by atoms with E-state index in [1.54, 1.807) is 4.90 Å². The summed E-state index contributed by atoms with van der Waals surface area (Å²) in [5.74, 6) is 0. The molecule has 2 heterocycles. The highest BCUT2D eigenvalue weighted by atomic mass is 127. The first kappa shape index (κ1) is 15.5. The van der Waals surface area contributed by atoms with E-state index < -0.39 is 5.60 Å². The van der Waals surface area contributed by atoms with Crippen molar-refractivity contribution in [2.75, 3.05) is 19.6 Å². The maximum atomic E-state index is 12.1. The number of aromatic nitrogens is 1. The van der Waals surface area contributed by atoms with Crippen LogP contribution in [0.25, 0.3) is 0 Å². The second kappa shape index (κ2) is 6.26. The maximum absolute atomic E-state index is 12.1. The van der Waals surface area contributed by atoms with Gasteiger partial charge in [-0.15, -0.1) is 0 Å². The van der Waals surface area contributed by atoms with Gasteiger partial charge in [0.2, 0.25) is 0 Å². The van der Waals surface area contributed by atoms with Crippen molar-refractivity contribution in [3.63, 3.8) is 0 Å². The molecule has 0 saturated carbocycles. The summed E-state index contributed by atoms with van der Waals surface area (Å²) >= 11 is 2.24. The zero-order chi connectivity index (χ0) is 14.8. The molecule has 1 aromatic heterocycles. The van der Waals surface area contributed by atoms with Crippen molar-refractivity contribution in [2.45, 2.75) is 32.4 Å². The molecule has 0 aromatic carbocycles. The second-order valence-corrected chi connectivity index (χ2v) is 7.12. The average molecular weight is 389 g/mol. The number of amides is 1. The number of rotatable bonds is 1. The smallest absolute Gasteiger partial charge is 0.410 e. The van der Waals surface area contributed by atoms with E-state index in [4.69, 9.17) is 4.74 Å². The zero-order valence-electron chi connectivity index (χ0n) is 12.0. The number of halogens is 1. The molecule has 0 aliphatic carbocycles. The van der Waals surface area contributed by atoms with Crippen molar-refractivity contribution in [1.29, 1.82) is 0 Å². The van der Waals surface area contributed by atoms with E-state index in [9.17, 15) is 4.79 Å². The Bertz CT molecular complexity index is 488. The molecule has 1 aliphatic rings. The van der Waals surface area contributed by atoms with Crippen LogP contribution in [0.15, 0.2) is 18.5 Å². The fraction of sp³-hybridized carbons (Fsp3) is 0.571. The summed E-state index contributed by atoms with van der Waals surface area (Å²) in [5, 5.41) is 3.42. The van der Waals surface area contributed by atoms with Crippen molar-refractivity contribution in [1.82, 2.24) is 15.2 Å². The highest BCUT2D eigenvalue weighted by Gasteiger charge is 2.28. The highest BCUT2D eigenvalue weighted by molar-refractivity contribution is 14.1. The van der Waals surface area contributed by atoms with Crippen LogP contribution in [0.4, 0.5) is 4.79 Å². The Balaban J connectivity index is 2.03. The first-order valence-electron chi connectivity index (χ1n) is 6.67. The van der Waals surface area contributed by atoms with E-state index >= 15 is 0 Å². The average Bonchev–Trinajstić information content (AvgIpc) is 2.37. The van der Waals surface area contributed by atoms with Crippen LogP contribution in [0, 0.1) is 3.57 Å². The molecule has 1 N–H and O–H groups in total. The van der Waals surface area contributed by atoms with Crippen molar-refractivity contribution >= 4 is 28.7 Å². The lowest BCUT2D eigenvalue weighted by Crippen LogP contribution is -2.49. The van der Waals surface area contributed by atoms with Crippen LogP contribution < -0.4 is 5.32 Å². The van der Waals surface area contributed by atoms with Gasteiger partial charge in [-0.1, -0.05) is 0 Å². The predicted molar refractivity (Wildman–Crippen MR) is 85.5 cm³/mol. The molecule has 1 aromatic rings. The molecule has 2 rings (SSSR count). The summed E-state index contributed by atoms with van der Waals surface area (Å²) in [6.07, 6.45) is 3.42.